The largest absolute Gasteiger partial charge is 0.384 e. The molecule has 0 aromatic carbocycles. The van der Waals surface area contributed by atoms with E-state index in [1.807, 2.05) is 6.08 Å². The molecule has 0 aromatic heterocycles. The first-order valence-electron chi connectivity index (χ1n) is 5.00. The fourth-order valence-corrected chi connectivity index (χ4v) is 1.45. The molecule has 0 bridgehead atoms. The van der Waals surface area contributed by atoms with Crippen LogP contribution in [0.4, 0.5) is 0 Å². The summed E-state index contributed by atoms with van der Waals surface area (Å²) in [7, 11) is 0. The molecule has 0 amide bonds. The zero-order valence-electron chi connectivity index (χ0n) is 8.64. The second-order valence-corrected chi connectivity index (χ2v) is 3.85. The lowest BCUT2D eigenvalue weighted by molar-refractivity contribution is 0.661. The van der Waals surface area contributed by atoms with E-state index in [0.717, 1.165) is 18.9 Å². The summed E-state index contributed by atoms with van der Waals surface area (Å²) < 4.78 is 0. The van der Waals surface area contributed by atoms with E-state index >= 15 is 0 Å². The summed E-state index contributed by atoms with van der Waals surface area (Å²) in [5, 5.41) is 3.35. The lowest BCUT2D eigenvalue weighted by Gasteiger charge is -2.02. The average molecular weight is 177 g/mol. The second-order valence-electron chi connectivity index (χ2n) is 3.85. The molecule has 72 valence electrons. The van der Waals surface area contributed by atoms with E-state index in [1.54, 1.807) is 0 Å². The van der Waals surface area contributed by atoms with E-state index in [1.165, 1.54) is 17.7 Å². The molecule has 1 nitrogen and oxygen atoms in total. The zero-order chi connectivity index (χ0) is 9.68. The van der Waals surface area contributed by atoms with Crippen LogP contribution in [-0.2, 0) is 0 Å². The highest BCUT2D eigenvalue weighted by atomic mass is 14.9. The lowest BCUT2D eigenvalue weighted by Crippen LogP contribution is -2.03. The summed E-state index contributed by atoms with van der Waals surface area (Å²) in [6, 6.07) is 0. The predicted molar refractivity (Wildman–Crippen MR) is 58.4 cm³/mol. The second kappa shape index (κ2) is 4.90. The molecule has 0 atom stereocenters. The van der Waals surface area contributed by atoms with Gasteiger partial charge in [-0.3, -0.25) is 0 Å². The minimum absolute atomic E-state index is 0.748. The molecule has 0 unspecified atom stereocenters. The van der Waals surface area contributed by atoms with Crippen LogP contribution in [0.2, 0.25) is 0 Å². The predicted octanol–water partition coefficient (Wildman–Crippen LogP) is 3.02. The molecule has 0 aromatic rings. The molecule has 0 aliphatic carbocycles. The number of rotatable bonds is 3. The SMILES string of the molecule is C=C/C=C1/NCC/C1=C\CC(C)C. The number of allylic oxidation sites excluding steroid dienone is 4. The molecule has 1 heterocycles. The van der Waals surface area contributed by atoms with Crippen molar-refractivity contribution in [3.63, 3.8) is 0 Å². The molecular formula is C12H19N. The van der Waals surface area contributed by atoms with Crippen LogP contribution in [0.25, 0.3) is 0 Å². The standard InChI is InChI=1S/C12H19N/c1-4-5-12-11(8-9-13-12)7-6-10(2)3/h4-5,7,10,13H,1,6,8-9H2,2-3H3/b11-7+,12-5+. The molecule has 13 heavy (non-hydrogen) atoms. The van der Waals surface area contributed by atoms with Gasteiger partial charge in [0, 0.05) is 12.2 Å². The molecule has 1 fully saturated rings. The first-order valence-corrected chi connectivity index (χ1v) is 5.00. The van der Waals surface area contributed by atoms with Crippen molar-refractivity contribution in [1.82, 2.24) is 5.32 Å². The van der Waals surface area contributed by atoms with E-state index in [-0.39, 0.29) is 0 Å². The third-order valence-corrected chi connectivity index (χ3v) is 2.18. The van der Waals surface area contributed by atoms with Crippen molar-refractivity contribution < 1.29 is 0 Å². The summed E-state index contributed by atoms with van der Waals surface area (Å²) in [6.07, 6.45) is 8.58. The van der Waals surface area contributed by atoms with Crippen LogP contribution >= 0.6 is 0 Å². The minimum atomic E-state index is 0.748. The summed E-state index contributed by atoms with van der Waals surface area (Å²) in [4.78, 5) is 0. The van der Waals surface area contributed by atoms with Crippen LogP contribution in [0, 0.1) is 5.92 Å². The molecule has 1 saturated heterocycles. The monoisotopic (exact) mass is 177 g/mol. The Kier molecular flexibility index (Phi) is 3.81. The summed E-state index contributed by atoms with van der Waals surface area (Å²) >= 11 is 0. The van der Waals surface area contributed by atoms with Crippen molar-refractivity contribution in [2.45, 2.75) is 26.7 Å². The molecule has 0 saturated carbocycles. The van der Waals surface area contributed by atoms with Crippen LogP contribution in [-0.4, -0.2) is 6.54 Å². The Balaban J connectivity index is 2.62. The number of hydrogen-bond acceptors (Lipinski definition) is 1. The molecule has 0 spiro atoms. The topological polar surface area (TPSA) is 12.0 Å². The molecular weight excluding hydrogens is 158 g/mol. The maximum absolute atomic E-state index is 3.71. The molecule has 1 heteroatoms. The minimum Gasteiger partial charge on any atom is -0.384 e. The van der Waals surface area contributed by atoms with Crippen molar-refractivity contribution in [2.75, 3.05) is 6.54 Å². The van der Waals surface area contributed by atoms with Crippen molar-refractivity contribution >= 4 is 0 Å². The van der Waals surface area contributed by atoms with E-state index in [0.29, 0.717) is 0 Å². The van der Waals surface area contributed by atoms with E-state index in [4.69, 9.17) is 0 Å². The number of hydrogen-bond donors (Lipinski definition) is 1. The van der Waals surface area contributed by atoms with Crippen molar-refractivity contribution in [1.29, 1.82) is 0 Å². The molecule has 0 radical (unpaired) electrons. The van der Waals surface area contributed by atoms with Gasteiger partial charge in [-0.1, -0.05) is 32.6 Å². The fraction of sp³-hybridized carbons (Fsp3) is 0.500. The fourth-order valence-electron chi connectivity index (χ4n) is 1.45. The quantitative estimate of drug-likeness (QED) is 0.698. The third-order valence-electron chi connectivity index (χ3n) is 2.18. The number of nitrogens with one attached hydrogen (secondary N) is 1. The van der Waals surface area contributed by atoms with Crippen LogP contribution in [0.3, 0.4) is 0 Å². The van der Waals surface area contributed by atoms with Crippen LogP contribution in [0.15, 0.2) is 36.1 Å². The van der Waals surface area contributed by atoms with Gasteiger partial charge in [0.1, 0.15) is 0 Å². The maximum Gasteiger partial charge on any atom is 0.0370 e. The highest BCUT2D eigenvalue weighted by Crippen LogP contribution is 2.19. The first kappa shape index (κ1) is 10.1. The van der Waals surface area contributed by atoms with Crippen LogP contribution < -0.4 is 5.32 Å². The van der Waals surface area contributed by atoms with Gasteiger partial charge in [-0.25, -0.2) is 0 Å². The van der Waals surface area contributed by atoms with Gasteiger partial charge in [0.2, 0.25) is 0 Å². The van der Waals surface area contributed by atoms with Gasteiger partial charge >= 0.3 is 0 Å². The van der Waals surface area contributed by atoms with E-state index < -0.39 is 0 Å². The Hall–Kier alpha value is -0.980. The van der Waals surface area contributed by atoms with Crippen LogP contribution in [0.5, 0.6) is 0 Å². The zero-order valence-corrected chi connectivity index (χ0v) is 8.64. The molecule has 1 aliphatic rings. The van der Waals surface area contributed by atoms with Gasteiger partial charge in [-0.15, -0.1) is 0 Å². The summed E-state index contributed by atoms with van der Waals surface area (Å²) in [5.41, 5.74) is 2.71. The Morgan fingerprint density at radius 3 is 2.92 bits per heavy atom. The van der Waals surface area contributed by atoms with Crippen molar-refractivity contribution in [2.24, 2.45) is 5.92 Å². The molecule has 1 rings (SSSR count). The third kappa shape index (κ3) is 3.10. The van der Waals surface area contributed by atoms with Gasteiger partial charge in [0.25, 0.3) is 0 Å². The molecule has 1 N–H and O–H groups in total. The highest BCUT2D eigenvalue weighted by molar-refractivity contribution is 5.35. The van der Waals surface area contributed by atoms with Crippen LogP contribution in [0.1, 0.15) is 26.7 Å². The van der Waals surface area contributed by atoms with E-state index in [2.05, 4.69) is 37.9 Å². The molecule has 1 aliphatic heterocycles. The Bertz CT molecular complexity index is 234. The van der Waals surface area contributed by atoms with Gasteiger partial charge in [-0.2, -0.15) is 0 Å². The van der Waals surface area contributed by atoms with Gasteiger partial charge in [0.15, 0.2) is 0 Å². The Morgan fingerprint density at radius 1 is 1.54 bits per heavy atom. The van der Waals surface area contributed by atoms with Crippen molar-refractivity contribution in [3.8, 4) is 0 Å². The first-order chi connectivity index (χ1) is 6.24. The van der Waals surface area contributed by atoms with Gasteiger partial charge in [-0.05, 0) is 30.4 Å². The highest BCUT2D eigenvalue weighted by Gasteiger charge is 2.10. The average Bonchev–Trinajstić information content (AvgIpc) is 2.49. The lowest BCUT2D eigenvalue weighted by atomic mass is 10.1. The summed E-state index contributed by atoms with van der Waals surface area (Å²) in [5.74, 6) is 0.748. The van der Waals surface area contributed by atoms with Gasteiger partial charge < -0.3 is 5.32 Å². The van der Waals surface area contributed by atoms with Gasteiger partial charge in [0.05, 0.1) is 0 Å². The smallest absolute Gasteiger partial charge is 0.0370 e. The normalized spacial score (nSPS) is 22.7. The maximum atomic E-state index is 3.71. The van der Waals surface area contributed by atoms with E-state index in [9.17, 15) is 0 Å². The Labute approximate surface area is 81.2 Å². The Morgan fingerprint density at radius 2 is 2.31 bits per heavy atom. The van der Waals surface area contributed by atoms with Crippen molar-refractivity contribution in [3.05, 3.63) is 36.1 Å². The summed E-state index contributed by atoms with van der Waals surface area (Å²) in [6.45, 7) is 9.28.